The van der Waals surface area contributed by atoms with Crippen LogP contribution in [-0.2, 0) is 20.6 Å². The van der Waals surface area contributed by atoms with Gasteiger partial charge in [-0.1, -0.05) is 25.0 Å². The number of hydrogen-bond acceptors (Lipinski definition) is 7. The van der Waals surface area contributed by atoms with Gasteiger partial charge in [-0.05, 0) is 87.9 Å². The average molecular weight is 559 g/mol. The first-order valence-electron chi connectivity index (χ1n) is 14.0. The van der Waals surface area contributed by atoms with Crippen LogP contribution in [0.3, 0.4) is 0 Å². The normalized spacial score (nSPS) is 13.9. The molecule has 0 fully saturated rings. The number of carbonyl (C=O) groups is 2. The van der Waals surface area contributed by atoms with Crippen molar-refractivity contribution in [2.24, 2.45) is 0 Å². The molecule has 0 spiro atoms. The van der Waals surface area contributed by atoms with Crippen LogP contribution in [0.4, 0.5) is 4.79 Å². The summed E-state index contributed by atoms with van der Waals surface area (Å²) >= 11 is 0. The van der Waals surface area contributed by atoms with E-state index in [4.69, 9.17) is 24.0 Å². The predicted molar refractivity (Wildman–Crippen MR) is 158 cm³/mol. The lowest BCUT2D eigenvalue weighted by molar-refractivity contribution is 0.0523. The number of rotatable bonds is 7. The largest absolute Gasteiger partial charge is 0.491 e. The summed E-state index contributed by atoms with van der Waals surface area (Å²) < 4.78 is 24.2. The van der Waals surface area contributed by atoms with E-state index in [-0.39, 0.29) is 5.78 Å². The minimum absolute atomic E-state index is 0.311. The van der Waals surface area contributed by atoms with E-state index in [1.165, 1.54) is 4.68 Å². The summed E-state index contributed by atoms with van der Waals surface area (Å²) in [4.78, 5) is 26.1. The predicted octanol–water partition coefficient (Wildman–Crippen LogP) is 6.39. The van der Waals surface area contributed by atoms with Gasteiger partial charge in [0.25, 0.3) is 0 Å². The Hall–Kier alpha value is -3.93. The molecular formula is C33H38N2O6. The van der Waals surface area contributed by atoms with E-state index in [2.05, 4.69) is 25.3 Å². The van der Waals surface area contributed by atoms with Crippen LogP contribution in [0.15, 0.2) is 48.6 Å². The number of carbonyl (C=O) groups excluding carboxylic acids is 2. The molecule has 1 aliphatic heterocycles. The van der Waals surface area contributed by atoms with Gasteiger partial charge in [0.15, 0.2) is 0 Å². The minimum Gasteiger partial charge on any atom is -0.491 e. The van der Waals surface area contributed by atoms with Gasteiger partial charge in [-0.2, -0.15) is 9.78 Å². The molecular weight excluding hydrogens is 520 g/mol. The van der Waals surface area contributed by atoms with Crippen LogP contribution in [-0.4, -0.2) is 60.3 Å². The summed E-state index contributed by atoms with van der Waals surface area (Å²) in [6, 6.07) is 11.0. The number of aromatic nitrogens is 2. The van der Waals surface area contributed by atoms with Gasteiger partial charge in [0, 0.05) is 29.5 Å². The first-order valence-corrected chi connectivity index (χ1v) is 14.0. The molecule has 4 bridgehead atoms. The molecule has 3 aromatic rings. The third-order valence-electron chi connectivity index (χ3n) is 6.22. The van der Waals surface area contributed by atoms with Crippen molar-refractivity contribution in [1.82, 2.24) is 9.78 Å². The summed E-state index contributed by atoms with van der Waals surface area (Å²) in [6.45, 7) is 14.2. The lowest BCUT2D eigenvalue weighted by atomic mass is 9.98. The fourth-order valence-electron chi connectivity index (χ4n) is 4.40. The highest BCUT2D eigenvalue weighted by molar-refractivity contribution is 6.12. The van der Waals surface area contributed by atoms with E-state index < -0.39 is 11.7 Å². The second kappa shape index (κ2) is 13.6. The molecule has 216 valence electrons. The van der Waals surface area contributed by atoms with Crippen LogP contribution in [0.2, 0.25) is 0 Å². The third kappa shape index (κ3) is 8.29. The molecule has 1 aromatic heterocycles. The molecule has 0 amide bonds. The first kappa shape index (κ1) is 30.0. The molecule has 0 atom stereocenters. The van der Waals surface area contributed by atoms with Gasteiger partial charge in [0.1, 0.15) is 23.7 Å². The van der Waals surface area contributed by atoms with Gasteiger partial charge >= 0.3 is 6.09 Å². The molecule has 0 unspecified atom stereocenters. The number of nitrogens with zero attached hydrogens (tertiary/aromatic N) is 2. The van der Waals surface area contributed by atoms with Crippen LogP contribution >= 0.6 is 0 Å². The first-order chi connectivity index (χ1) is 19.6. The van der Waals surface area contributed by atoms with Gasteiger partial charge in [-0.15, -0.1) is 0 Å². The summed E-state index contributed by atoms with van der Waals surface area (Å²) in [5, 5.41) is 5.33. The van der Waals surface area contributed by atoms with E-state index in [1.807, 2.05) is 18.2 Å². The lowest BCUT2D eigenvalue weighted by Crippen LogP contribution is -2.27. The second-order valence-corrected chi connectivity index (χ2v) is 11.0. The molecule has 4 rings (SSSR count). The fraction of sp³-hybridized carbons (Fsp3) is 0.424. The highest BCUT2D eigenvalue weighted by atomic mass is 16.6. The Morgan fingerprint density at radius 3 is 2.71 bits per heavy atom. The Bertz CT molecular complexity index is 1490. The van der Waals surface area contributed by atoms with Crippen LogP contribution in [0.1, 0.15) is 62.9 Å². The second-order valence-electron chi connectivity index (χ2n) is 11.0. The van der Waals surface area contributed by atoms with Crippen molar-refractivity contribution in [3.05, 3.63) is 59.7 Å². The Morgan fingerprint density at radius 2 is 1.93 bits per heavy atom. The molecule has 0 N–H and O–H groups in total. The molecule has 8 nitrogen and oxygen atoms in total. The molecule has 2 aromatic carbocycles. The monoisotopic (exact) mass is 558 g/mol. The highest BCUT2D eigenvalue weighted by Gasteiger charge is 2.24. The molecule has 0 saturated carbocycles. The van der Waals surface area contributed by atoms with Crippen LogP contribution in [0.25, 0.3) is 22.2 Å². The molecule has 2 heterocycles. The van der Waals surface area contributed by atoms with Crippen molar-refractivity contribution in [3.8, 4) is 28.8 Å². The van der Waals surface area contributed by atoms with E-state index in [1.54, 1.807) is 39.0 Å². The van der Waals surface area contributed by atoms with E-state index in [0.29, 0.717) is 67.2 Å². The lowest BCUT2D eigenvalue weighted by Gasteiger charge is -2.19. The maximum atomic E-state index is 13.2. The fourth-order valence-corrected chi connectivity index (χ4v) is 4.40. The molecule has 0 saturated heterocycles. The Balaban J connectivity index is 1.82. The maximum absolute atomic E-state index is 13.2. The summed E-state index contributed by atoms with van der Waals surface area (Å²) in [5.41, 5.74) is 3.51. The van der Waals surface area contributed by atoms with Crippen LogP contribution < -0.4 is 4.74 Å². The van der Waals surface area contributed by atoms with Crippen molar-refractivity contribution in [2.75, 3.05) is 33.0 Å². The van der Waals surface area contributed by atoms with Gasteiger partial charge < -0.3 is 18.9 Å². The van der Waals surface area contributed by atoms with Crippen molar-refractivity contribution in [2.45, 2.75) is 59.0 Å². The number of Topliss-reactive ketones (excluding diaryl/α,β-unsaturated/α-hetero) is 1. The number of ketones is 1. The maximum Gasteiger partial charge on any atom is 0.435 e. The smallest absolute Gasteiger partial charge is 0.435 e. The number of hydrogen-bond donors (Lipinski definition) is 0. The van der Waals surface area contributed by atoms with Crippen LogP contribution in [0.5, 0.6) is 5.75 Å². The minimum atomic E-state index is -0.711. The molecule has 0 aliphatic carbocycles. The molecule has 41 heavy (non-hydrogen) atoms. The van der Waals surface area contributed by atoms with E-state index in [0.717, 1.165) is 36.1 Å². The Labute approximate surface area is 241 Å². The molecule has 1 aliphatic rings. The summed E-state index contributed by atoms with van der Waals surface area (Å²) in [6.07, 6.45) is 2.17. The van der Waals surface area contributed by atoms with Gasteiger partial charge in [0.2, 0.25) is 5.78 Å². The van der Waals surface area contributed by atoms with Gasteiger partial charge in [-0.3, -0.25) is 4.79 Å². The highest BCUT2D eigenvalue weighted by Crippen LogP contribution is 2.33. The number of fused-ring (bicyclic) bond motifs is 4. The zero-order valence-electron chi connectivity index (χ0n) is 24.4. The number of ether oxygens (including phenoxy) is 4. The average Bonchev–Trinajstić information content (AvgIpc) is 3.30. The summed E-state index contributed by atoms with van der Waals surface area (Å²) in [7, 11) is 0. The molecule has 8 heteroatoms. The Kier molecular flexibility index (Phi) is 9.98. The quantitative estimate of drug-likeness (QED) is 0.144. The Morgan fingerprint density at radius 1 is 1.10 bits per heavy atom. The van der Waals surface area contributed by atoms with Crippen molar-refractivity contribution < 1.29 is 28.5 Å². The van der Waals surface area contributed by atoms with E-state index in [9.17, 15) is 9.59 Å². The SMILES string of the molecule is C=C(CCOCCC)Cc1cc2cc(c1)-c1nn(C(=O)OC(C)(C)C)c3ccc(cc13)C(=O)C#CCCOCCO2. The van der Waals surface area contributed by atoms with Gasteiger partial charge in [-0.25, -0.2) is 4.79 Å². The third-order valence-corrected chi connectivity index (χ3v) is 6.22. The zero-order valence-corrected chi connectivity index (χ0v) is 24.4. The number of benzene rings is 2. The van der Waals surface area contributed by atoms with Crippen molar-refractivity contribution in [3.63, 3.8) is 0 Å². The van der Waals surface area contributed by atoms with Gasteiger partial charge in [0.05, 0.1) is 25.3 Å². The van der Waals surface area contributed by atoms with Crippen LogP contribution in [0, 0.1) is 11.8 Å². The topological polar surface area (TPSA) is 88.9 Å². The summed E-state index contributed by atoms with van der Waals surface area (Å²) in [5.74, 6) is 5.90. The molecule has 0 radical (unpaired) electrons. The van der Waals surface area contributed by atoms with Crippen molar-refractivity contribution in [1.29, 1.82) is 0 Å². The standard InChI is InChI=1S/C33H38N2O6/c1-6-13-38-15-12-23(2)18-24-19-26-21-27(20-24)40-17-16-39-14-8-7-9-30(36)25-10-11-29-28(22-25)31(26)34-35(29)32(37)41-33(3,4)5/h10-11,19-22H,2,6,8,12-18H2,1,3-5H3. The van der Waals surface area contributed by atoms with Crippen molar-refractivity contribution >= 4 is 22.8 Å². The zero-order chi connectivity index (χ0) is 29.4. The van der Waals surface area contributed by atoms with E-state index >= 15 is 0 Å².